The molecule has 0 aliphatic carbocycles. The number of aryl methyl sites for hydroxylation is 1. The highest BCUT2D eigenvalue weighted by Crippen LogP contribution is 2.19. The van der Waals surface area contributed by atoms with Crippen LogP contribution in [0.1, 0.15) is 11.1 Å². The molecule has 0 saturated heterocycles. The van der Waals surface area contributed by atoms with Gasteiger partial charge in [-0.05, 0) is 24.1 Å². The molecule has 14 heavy (non-hydrogen) atoms. The highest BCUT2D eigenvalue weighted by molar-refractivity contribution is 5.36. The van der Waals surface area contributed by atoms with E-state index in [1.807, 2.05) is 25.1 Å². The number of benzene rings is 1. The van der Waals surface area contributed by atoms with Crippen molar-refractivity contribution in [3.63, 3.8) is 0 Å². The van der Waals surface area contributed by atoms with Crippen molar-refractivity contribution in [2.75, 3.05) is 13.7 Å². The first-order chi connectivity index (χ1) is 6.77. The molecule has 0 bridgehead atoms. The Bertz CT molecular complexity index is 337. The molecule has 0 aliphatic heterocycles. The lowest BCUT2D eigenvalue weighted by molar-refractivity contribution is 0.153. The Balaban J connectivity index is 2.65. The molecule has 0 spiro atoms. The van der Waals surface area contributed by atoms with E-state index in [9.17, 15) is 0 Å². The fourth-order valence-corrected chi connectivity index (χ4v) is 1.18. The van der Waals surface area contributed by atoms with Crippen LogP contribution in [0.3, 0.4) is 0 Å². The maximum atomic E-state index is 5.22. The van der Waals surface area contributed by atoms with Crippen LogP contribution in [0.5, 0.6) is 5.75 Å². The van der Waals surface area contributed by atoms with Gasteiger partial charge in [0.25, 0.3) is 0 Å². The topological polar surface area (TPSA) is 18.5 Å². The van der Waals surface area contributed by atoms with Gasteiger partial charge in [-0.2, -0.15) is 0 Å². The van der Waals surface area contributed by atoms with E-state index >= 15 is 0 Å². The van der Waals surface area contributed by atoms with Crippen LogP contribution < -0.4 is 4.74 Å². The summed E-state index contributed by atoms with van der Waals surface area (Å²) >= 11 is 0. The van der Waals surface area contributed by atoms with Gasteiger partial charge in [0.15, 0.2) is 0 Å². The van der Waals surface area contributed by atoms with Crippen molar-refractivity contribution in [1.82, 2.24) is 0 Å². The second-order valence-electron chi connectivity index (χ2n) is 3.00. The fraction of sp³-hybridized carbons (Fsp3) is 0.333. The number of ether oxygens (including phenoxy) is 2. The lowest BCUT2D eigenvalue weighted by Crippen LogP contribution is -1.95. The van der Waals surface area contributed by atoms with Crippen LogP contribution in [0.25, 0.3) is 0 Å². The smallest absolute Gasteiger partial charge is 0.122 e. The van der Waals surface area contributed by atoms with Crippen LogP contribution in [0.15, 0.2) is 18.2 Å². The first kappa shape index (κ1) is 10.6. The first-order valence-electron chi connectivity index (χ1n) is 4.42. The highest BCUT2D eigenvalue weighted by Gasteiger charge is 1.99. The Morgan fingerprint density at radius 2 is 2.21 bits per heavy atom. The van der Waals surface area contributed by atoms with Crippen molar-refractivity contribution >= 4 is 0 Å². The molecule has 0 heterocycles. The normalized spacial score (nSPS) is 9.50. The van der Waals surface area contributed by atoms with Gasteiger partial charge >= 0.3 is 0 Å². The van der Waals surface area contributed by atoms with Crippen LogP contribution >= 0.6 is 0 Å². The number of hydrogen-bond donors (Lipinski definition) is 0. The fourth-order valence-electron chi connectivity index (χ4n) is 1.18. The summed E-state index contributed by atoms with van der Waals surface area (Å²) in [5.41, 5.74) is 2.19. The summed E-state index contributed by atoms with van der Waals surface area (Å²) in [7, 11) is 1.66. The van der Waals surface area contributed by atoms with Crippen LogP contribution in [0.2, 0.25) is 0 Å². The molecule has 1 aromatic carbocycles. The molecule has 0 unspecified atom stereocenters. The van der Waals surface area contributed by atoms with Crippen molar-refractivity contribution < 1.29 is 9.47 Å². The van der Waals surface area contributed by atoms with E-state index in [0.29, 0.717) is 13.2 Å². The molecule has 0 atom stereocenters. The Morgan fingerprint density at radius 1 is 1.43 bits per heavy atom. The van der Waals surface area contributed by atoms with Gasteiger partial charge in [0, 0.05) is 0 Å². The average molecular weight is 190 g/mol. The second-order valence-corrected chi connectivity index (χ2v) is 3.00. The van der Waals surface area contributed by atoms with Crippen molar-refractivity contribution in [3.05, 3.63) is 29.3 Å². The van der Waals surface area contributed by atoms with Crippen LogP contribution in [-0.4, -0.2) is 13.7 Å². The molecule has 0 N–H and O–H groups in total. The van der Waals surface area contributed by atoms with E-state index in [1.54, 1.807) is 7.11 Å². The minimum Gasteiger partial charge on any atom is -0.496 e. The maximum absolute atomic E-state index is 5.22. The highest BCUT2D eigenvalue weighted by atomic mass is 16.5. The van der Waals surface area contributed by atoms with Crippen molar-refractivity contribution in [1.29, 1.82) is 0 Å². The molecular weight excluding hydrogens is 176 g/mol. The van der Waals surface area contributed by atoms with Gasteiger partial charge in [-0.1, -0.05) is 18.1 Å². The molecule has 0 saturated carbocycles. The van der Waals surface area contributed by atoms with Crippen LogP contribution in [-0.2, 0) is 11.3 Å². The minimum absolute atomic E-state index is 0.343. The van der Waals surface area contributed by atoms with Crippen LogP contribution in [0, 0.1) is 19.3 Å². The third-order valence-electron chi connectivity index (χ3n) is 1.93. The zero-order valence-electron chi connectivity index (χ0n) is 8.54. The predicted octanol–water partition coefficient (Wildman–Crippen LogP) is 2.15. The summed E-state index contributed by atoms with van der Waals surface area (Å²) in [6.07, 6.45) is 5.07. The van der Waals surface area contributed by atoms with Gasteiger partial charge in [-0.25, -0.2) is 0 Å². The molecular formula is C12H14O2. The molecule has 1 rings (SSSR count). The SMILES string of the molecule is C#CCOCc1ccc(C)c(OC)c1. The Hall–Kier alpha value is -1.46. The Morgan fingerprint density at radius 3 is 2.86 bits per heavy atom. The number of hydrogen-bond acceptors (Lipinski definition) is 2. The Kier molecular flexibility index (Phi) is 4.03. The van der Waals surface area contributed by atoms with E-state index in [-0.39, 0.29) is 0 Å². The second kappa shape index (κ2) is 5.31. The largest absolute Gasteiger partial charge is 0.496 e. The standard InChI is InChI=1S/C12H14O2/c1-4-7-14-9-11-6-5-10(2)12(8-11)13-3/h1,5-6,8H,7,9H2,2-3H3. The number of methoxy groups -OCH3 is 1. The van der Waals surface area contributed by atoms with E-state index in [4.69, 9.17) is 15.9 Å². The van der Waals surface area contributed by atoms with E-state index in [2.05, 4.69) is 5.92 Å². The van der Waals surface area contributed by atoms with Crippen LogP contribution in [0.4, 0.5) is 0 Å². The quantitative estimate of drug-likeness (QED) is 0.535. The summed E-state index contributed by atoms with van der Waals surface area (Å²) < 4.78 is 10.4. The summed E-state index contributed by atoms with van der Waals surface area (Å²) in [6, 6.07) is 5.98. The lowest BCUT2D eigenvalue weighted by Gasteiger charge is -2.07. The van der Waals surface area contributed by atoms with Crippen molar-refractivity contribution in [2.24, 2.45) is 0 Å². The third kappa shape index (κ3) is 2.79. The molecule has 0 fully saturated rings. The van der Waals surface area contributed by atoms with Gasteiger partial charge < -0.3 is 9.47 Å². The third-order valence-corrected chi connectivity index (χ3v) is 1.93. The predicted molar refractivity (Wildman–Crippen MR) is 56.2 cm³/mol. The molecule has 0 amide bonds. The molecule has 2 nitrogen and oxygen atoms in total. The minimum atomic E-state index is 0.343. The number of rotatable bonds is 4. The van der Waals surface area contributed by atoms with Gasteiger partial charge in [-0.15, -0.1) is 6.42 Å². The molecule has 2 heteroatoms. The molecule has 0 aliphatic rings. The summed E-state index contributed by atoms with van der Waals surface area (Å²) in [6.45, 7) is 2.88. The zero-order valence-corrected chi connectivity index (χ0v) is 8.54. The Labute approximate surface area is 84.8 Å². The number of terminal acetylenes is 1. The molecule has 0 radical (unpaired) electrons. The molecule has 74 valence electrons. The molecule has 1 aromatic rings. The zero-order chi connectivity index (χ0) is 10.4. The van der Waals surface area contributed by atoms with Gasteiger partial charge in [0.1, 0.15) is 12.4 Å². The van der Waals surface area contributed by atoms with Gasteiger partial charge in [-0.3, -0.25) is 0 Å². The first-order valence-corrected chi connectivity index (χ1v) is 4.42. The van der Waals surface area contributed by atoms with E-state index in [0.717, 1.165) is 16.9 Å². The average Bonchev–Trinajstić information content (AvgIpc) is 2.21. The summed E-state index contributed by atoms with van der Waals surface area (Å²) in [4.78, 5) is 0. The maximum Gasteiger partial charge on any atom is 0.122 e. The lowest BCUT2D eigenvalue weighted by atomic mass is 10.1. The summed E-state index contributed by atoms with van der Waals surface area (Å²) in [5.74, 6) is 3.31. The van der Waals surface area contributed by atoms with Crippen molar-refractivity contribution in [3.8, 4) is 18.1 Å². The summed E-state index contributed by atoms with van der Waals surface area (Å²) in [5, 5.41) is 0. The molecule has 0 aromatic heterocycles. The van der Waals surface area contributed by atoms with Gasteiger partial charge in [0.2, 0.25) is 0 Å². The van der Waals surface area contributed by atoms with E-state index in [1.165, 1.54) is 0 Å². The van der Waals surface area contributed by atoms with Gasteiger partial charge in [0.05, 0.1) is 13.7 Å². The monoisotopic (exact) mass is 190 g/mol. The van der Waals surface area contributed by atoms with Crippen molar-refractivity contribution in [2.45, 2.75) is 13.5 Å². The van der Waals surface area contributed by atoms with E-state index < -0.39 is 0 Å².